The lowest BCUT2D eigenvalue weighted by atomic mass is 10.2. The number of hydrogen-bond acceptors (Lipinski definition) is 6. The SMILES string of the molecule is COc1cc([N+](=O)[O-])ccc1S(=O)(=O)N(Cc1cccnc1)c1ccc(Cl)cc1. The van der Waals surface area contributed by atoms with Gasteiger partial charge in [0.05, 0.1) is 30.3 Å². The molecule has 0 unspecified atom stereocenters. The van der Waals surface area contributed by atoms with Crippen molar-refractivity contribution in [3.63, 3.8) is 0 Å². The molecule has 0 aliphatic carbocycles. The molecule has 1 aromatic heterocycles. The molecule has 2 aromatic carbocycles. The minimum Gasteiger partial charge on any atom is -0.495 e. The number of anilines is 1. The molecule has 3 rings (SSSR count). The summed E-state index contributed by atoms with van der Waals surface area (Å²) in [5, 5.41) is 11.5. The third-order valence-electron chi connectivity index (χ3n) is 4.09. The molecule has 29 heavy (non-hydrogen) atoms. The van der Waals surface area contributed by atoms with E-state index < -0.39 is 14.9 Å². The maximum Gasteiger partial charge on any atom is 0.273 e. The van der Waals surface area contributed by atoms with Gasteiger partial charge in [0.2, 0.25) is 0 Å². The van der Waals surface area contributed by atoms with E-state index in [9.17, 15) is 18.5 Å². The van der Waals surface area contributed by atoms with Crippen molar-refractivity contribution >= 4 is 33.0 Å². The summed E-state index contributed by atoms with van der Waals surface area (Å²) in [6.07, 6.45) is 3.15. The topological polar surface area (TPSA) is 103 Å². The molecule has 0 spiro atoms. The number of nitro groups is 1. The van der Waals surface area contributed by atoms with E-state index >= 15 is 0 Å². The van der Waals surface area contributed by atoms with Gasteiger partial charge in [0.15, 0.2) is 0 Å². The van der Waals surface area contributed by atoms with Gasteiger partial charge in [0, 0.05) is 23.5 Å². The largest absolute Gasteiger partial charge is 0.495 e. The molecule has 0 N–H and O–H groups in total. The molecule has 0 amide bonds. The highest BCUT2D eigenvalue weighted by Crippen LogP contribution is 2.34. The van der Waals surface area contributed by atoms with Crippen molar-refractivity contribution in [1.29, 1.82) is 0 Å². The molecular formula is C19H16ClN3O5S. The molecule has 0 fully saturated rings. The number of sulfonamides is 1. The van der Waals surface area contributed by atoms with E-state index in [2.05, 4.69) is 4.98 Å². The quantitative estimate of drug-likeness (QED) is 0.411. The average molecular weight is 434 g/mol. The predicted molar refractivity (Wildman–Crippen MR) is 109 cm³/mol. The van der Waals surface area contributed by atoms with Gasteiger partial charge < -0.3 is 4.74 Å². The van der Waals surface area contributed by atoms with Crippen LogP contribution in [0.25, 0.3) is 0 Å². The van der Waals surface area contributed by atoms with E-state index in [1.165, 1.54) is 17.5 Å². The molecule has 1 heterocycles. The summed E-state index contributed by atoms with van der Waals surface area (Å²) in [7, 11) is -2.88. The number of benzene rings is 2. The van der Waals surface area contributed by atoms with Gasteiger partial charge in [-0.05, 0) is 42.0 Å². The molecular weight excluding hydrogens is 418 g/mol. The third kappa shape index (κ3) is 4.47. The van der Waals surface area contributed by atoms with E-state index in [1.807, 2.05) is 0 Å². The van der Waals surface area contributed by atoms with Crippen molar-refractivity contribution in [1.82, 2.24) is 4.98 Å². The van der Waals surface area contributed by atoms with Crippen molar-refractivity contribution in [2.75, 3.05) is 11.4 Å². The van der Waals surface area contributed by atoms with Crippen LogP contribution in [0.15, 0.2) is 71.9 Å². The zero-order valence-electron chi connectivity index (χ0n) is 15.2. The zero-order valence-corrected chi connectivity index (χ0v) is 16.8. The molecule has 150 valence electrons. The number of rotatable bonds is 7. The number of halogens is 1. The van der Waals surface area contributed by atoms with Crippen LogP contribution in [0.5, 0.6) is 5.75 Å². The van der Waals surface area contributed by atoms with Gasteiger partial charge >= 0.3 is 0 Å². The van der Waals surface area contributed by atoms with E-state index in [0.29, 0.717) is 16.3 Å². The summed E-state index contributed by atoms with van der Waals surface area (Å²) < 4.78 is 33.3. The zero-order chi connectivity index (χ0) is 21.0. The van der Waals surface area contributed by atoms with Crippen molar-refractivity contribution in [3.05, 3.63) is 87.7 Å². The standard InChI is InChI=1S/C19H16ClN3O5S/c1-28-18-11-17(23(24)25)8-9-19(18)29(26,27)22(13-14-3-2-10-21-12-14)16-6-4-15(20)5-7-16/h2-12H,13H2,1H3. The molecule has 0 atom stereocenters. The molecule has 0 aliphatic heterocycles. The maximum absolute atomic E-state index is 13.5. The van der Waals surface area contributed by atoms with Crippen LogP contribution < -0.4 is 9.04 Å². The van der Waals surface area contributed by atoms with Crippen LogP contribution in [0.4, 0.5) is 11.4 Å². The summed E-state index contributed by atoms with van der Waals surface area (Å²) in [6.45, 7) is -0.00204. The average Bonchev–Trinajstić information content (AvgIpc) is 2.73. The van der Waals surface area contributed by atoms with Gasteiger partial charge in [-0.25, -0.2) is 8.42 Å². The lowest BCUT2D eigenvalue weighted by Gasteiger charge is -2.25. The highest BCUT2D eigenvalue weighted by atomic mass is 35.5. The Kier molecular flexibility index (Phi) is 6.00. The summed E-state index contributed by atoms with van der Waals surface area (Å²) in [5.41, 5.74) is 0.761. The fourth-order valence-electron chi connectivity index (χ4n) is 2.68. The fourth-order valence-corrected chi connectivity index (χ4v) is 4.40. The number of nitro benzene ring substituents is 1. The second kappa shape index (κ2) is 8.46. The summed E-state index contributed by atoms with van der Waals surface area (Å²) in [4.78, 5) is 14.2. The Bertz CT molecular complexity index is 1120. The van der Waals surface area contributed by atoms with Crippen molar-refractivity contribution < 1.29 is 18.1 Å². The Morgan fingerprint density at radius 1 is 1.17 bits per heavy atom. The number of ether oxygens (including phenoxy) is 1. The number of nitrogens with zero attached hydrogens (tertiary/aromatic N) is 3. The lowest BCUT2D eigenvalue weighted by molar-refractivity contribution is -0.385. The van der Waals surface area contributed by atoms with Crippen LogP contribution in [-0.2, 0) is 16.6 Å². The normalized spacial score (nSPS) is 11.1. The minimum atomic E-state index is -4.14. The molecule has 0 saturated carbocycles. The van der Waals surface area contributed by atoms with Crippen molar-refractivity contribution in [3.8, 4) is 5.75 Å². The van der Waals surface area contributed by atoms with Gasteiger partial charge in [-0.15, -0.1) is 0 Å². The van der Waals surface area contributed by atoms with Crippen LogP contribution in [0.1, 0.15) is 5.56 Å². The Hall–Kier alpha value is -3.17. The van der Waals surface area contributed by atoms with Gasteiger partial charge in [0.1, 0.15) is 10.6 Å². The number of hydrogen-bond donors (Lipinski definition) is 0. The van der Waals surface area contributed by atoms with Crippen LogP contribution in [0.2, 0.25) is 5.02 Å². The number of methoxy groups -OCH3 is 1. The Morgan fingerprint density at radius 2 is 1.90 bits per heavy atom. The first-order chi connectivity index (χ1) is 13.8. The van der Waals surface area contributed by atoms with Gasteiger partial charge in [0.25, 0.3) is 15.7 Å². The molecule has 10 heteroatoms. The van der Waals surface area contributed by atoms with Crippen LogP contribution >= 0.6 is 11.6 Å². The van der Waals surface area contributed by atoms with Gasteiger partial charge in [-0.2, -0.15) is 0 Å². The fraction of sp³-hybridized carbons (Fsp3) is 0.105. The van der Waals surface area contributed by atoms with Crippen LogP contribution in [-0.4, -0.2) is 25.4 Å². The maximum atomic E-state index is 13.5. The first-order valence-corrected chi connectivity index (χ1v) is 10.1. The van der Waals surface area contributed by atoms with E-state index in [1.54, 1.807) is 48.8 Å². The van der Waals surface area contributed by atoms with E-state index in [4.69, 9.17) is 16.3 Å². The van der Waals surface area contributed by atoms with E-state index in [-0.39, 0.29) is 22.9 Å². The summed E-state index contributed by atoms with van der Waals surface area (Å²) >= 11 is 5.94. The molecule has 0 aliphatic rings. The molecule has 0 radical (unpaired) electrons. The third-order valence-corrected chi connectivity index (χ3v) is 6.15. The second-order valence-corrected chi connectivity index (χ2v) is 8.21. The first kappa shape index (κ1) is 20.6. The number of aromatic nitrogens is 1. The smallest absolute Gasteiger partial charge is 0.273 e. The minimum absolute atomic E-state index is 0.00204. The number of pyridine rings is 1. The Morgan fingerprint density at radius 3 is 2.48 bits per heavy atom. The highest BCUT2D eigenvalue weighted by Gasteiger charge is 2.30. The monoisotopic (exact) mass is 433 g/mol. The van der Waals surface area contributed by atoms with Crippen LogP contribution in [0.3, 0.4) is 0 Å². The molecule has 0 saturated heterocycles. The summed E-state index contributed by atoms with van der Waals surface area (Å²) in [5.74, 6) is -0.121. The number of non-ortho nitro benzene ring substituents is 1. The Labute approximate surface area is 172 Å². The highest BCUT2D eigenvalue weighted by molar-refractivity contribution is 7.92. The van der Waals surface area contributed by atoms with E-state index in [0.717, 1.165) is 12.1 Å². The first-order valence-electron chi connectivity index (χ1n) is 8.32. The van der Waals surface area contributed by atoms with Gasteiger partial charge in [-0.3, -0.25) is 19.4 Å². The molecule has 3 aromatic rings. The second-order valence-electron chi connectivity index (χ2n) is 5.94. The van der Waals surface area contributed by atoms with Crippen molar-refractivity contribution in [2.24, 2.45) is 0 Å². The molecule has 0 bridgehead atoms. The predicted octanol–water partition coefficient (Wildman–Crippen LogP) is 4.05. The summed E-state index contributed by atoms with van der Waals surface area (Å²) in [6, 6.07) is 13.1. The van der Waals surface area contributed by atoms with Crippen LogP contribution in [0, 0.1) is 10.1 Å². The van der Waals surface area contributed by atoms with Crippen molar-refractivity contribution in [2.45, 2.75) is 11.4 Å². The Balaban J connectivity index is 2.13. The lowest BCUT2D eigenvalue weighted by Crippen LogP contribution is -2.31. The van der Waals surface area contributed by atoms with Gasteiger partial charge in [-0.1, -0.05) is 17.7 Å². The molecule has 8 nitrogen and oxygen atoms in total.